The highest BCUT2D eigenvalue weighted by Crippen LogP contribution is 2.25. The molecule has 0 fully saturated rings. The molecule has 0 aliphatic rings. The first-order chi connectivity index (χ1) is 8.61. The zero-order valence-corrected chi connectivity index (χ0v) is 11.9. The summed E-state index contributed by atoms with van der Waals surface area (Å²) in [6.45, 7) is 4.77. The Kier molecular flexibility index (Phi) is 3.97. The number of aryl methyl sites for hydroxylation is 1. The molecule has 2 aromatic rings. The summed E-state index contributed by atoms with van der Waals surface area (Å²) < 4.78 is 13.9. The van der Waals surface area contributed by atoms with Gasteiger partial charge in [-0.05, 0) is 66.2 Å². The highest BCUT2D eigenvalue weighted by Gasteiger charge is 2.09. The SMILES string of the molecule is CCN(c1ccc(F)cc1)c1ccc(Br)c(C)n1. The van der Waals surface area contributed by atoms with Gasteiger partial charge in [-0.2, -0.15) is 0 Å². The Morgan fingerprint density at radius 1 is 1.17 bits per heavy atom. The van der Waals surface area contributed by atoms with Crippen molar-refractivity contribution < 1.29 is 4.39 Å². The molecule has 0 bridgehead atoms. The average molecular weight is 309 g/mol. The number of hydrogen-bond donors (Lipinski definition) is 0. The van der Waals surface area contributed by atoms with Crippen LogP contribution >= 0.6 is 15.9 Å². The number of anilines is 2. The van der Waals surface area contributed by atoms with E-state index < -0.39 is 0 Å². The van der Waals surface area contributed by atoms with Gasteiger partial charge in [0.2, 0.25) is 0 Å². The molecule has 94 valence electrons. The van der Waals surface area contributed by atoms with Crippen molar-refractivity contribution >= 4 is 27.4 Å². The van der Waals surface area contributed by atoms with Crippen molar-refractivity contribution in [3.05, 3.63) is 52.4 Å². The van der Waals surface area contributed by atoms with Crippen molar-refractivity contribution in [1.29, 1.82) is 0 Å². The van der Waals surface area contributed by atoms with Crippen LogP contribution in [0.15, 0.2) is 40.9 Å². The first-order valence-electron chi connectivity index (χ1n) is 5.78. The molecule has 1 aromatic carbocycles. The molecule has 0 N–H and O–H groups in total. The number of halogens is 2. The molecule has 0 spiro atoms. The standard InChI is InChI=1S/C14H14BrFN2/c1-3-18(12-6-4-11(16)5-7-12)14-9-8-13(15)10(2)17-14/h4-9H,3H2,1-2H3. The second-order valence-electron chi connectivity index (χ2n) is 3.96. The number of nitrogens with zero attached hydrogens (tertiary/aromatic N) is 2. The van der Waals surface area contributed by atoms with E-state index in [0.29, 0.717) is 0 Å². The molecule has 0 amide bonds. The van der Waals surface area contributed by atoms with E-state index in [2.05, 4.69) is 20.9 Å². The maximum atomic E-state index is 12.9. The monoisotopic (exact) mass is 308 g/mol. The highest BCUT2D eigenvalue weighted by molar-refractivity contribution is 9.10. The molecule has 2 rings (SSSR count). The van der Waals surface area contributed by atoms with Crippen LogP contribution in [0.5, 0.6) is 0 Å². The van der Waals surface area contributed by atoms with Crippen LogP contribution in [0.2, 0.25) is 0 Å². The first kappa shape index (κ1) is 13.0. The van der Waals surface area contributed by atoms with E-state index >= 15 is 0 Å². The Bertz CT molecular complexity index is 540. The third-order valence-corrected chi connectivity index (χ3v) is 3.58. The quantitative estimate of drug-likeness (QED) is 0.833. The van der Waals surface area contributed by atoms with Crippen LogP contribution in [0.25, 0.3) is 0 Å². The predicted octanol–water partition coefficient (Wildman–Crippen LogP) is 4.45. The van der Waals surface area contributed by atoms with Gasteiger partial charge in [0, 0.05) is 16.7 Å². The zero-order valence-electron chi connectivity index (χ0n) is 10.3. The smallest absolute Gasteiger partial charge is 0.133 e. The number of rotatable bonds is 3. The third kappa shape index (κ3) is 2.70. The summed E-state index contributed by atoms with van der Waals surface area (Å²) in [5.41, 5.74) is 1.88. The molecule has 0 aliphatic carbocycles. The largest absolute Gasteiger partial charge is 0.327 e. The van der Waals surface area contributed by atoms with Gasteiger partial charge < -0.3 is 4.90 Å². The van der Waals surface area contributed by atoms with Crippen molar-refractivity contribution in [2.45, 2.75) is 13.8 Å². The molecule has 1 heterocycles. The normalized spacial score (nSPS) is 10.4. The highest BCUT2D eigenvalue weighted by atomic mass is 79.9. The molecule has 4 heteroatoms. The van der Waals surface area contributed by atoms with Crippen LogP contribution in [0, 0.1) is 12.7 Å². The molecule has 1 aromatic heterocycles. The molecule has 0 atom stereocenters. The lowest BCUT2D eigenvalue weighted by Gasteiger charge is -2.22. The Morgan fingerprint density at radius 2 is 1.83 bits per heavy atom. The van der Waals surface area contributed by atoms with E-state index in [1.807, 2.05) is 30.9 Å². The summed E-state index contributed by atoms with van der Waals surface area (Å²) in [7, 11) is 0. The van der Waals surface area contributed by atoms with Crippen LogP contribution in [0.1, 0.15) is 12.6 Å². The van der Waals surface area contributed by atoms with Crippen molar-refractivity contribution in [3.8, 4) is 0 Å². The lowest BCUT2D eigenvalue weighted by Crippen LogP contribution is -2.17. The Morgan fingerprint density at radius 3 is 2.39 bits per heavy atom. The molecule has 0 saturated carbocycles. The molecule has 0 aliphatic heterocycles. The van der Waals surface area contributed by atoms with E-state index in [-0.39, 0.29) is 5.82 Å². The van der Waals surface area contributed by atoms with Crippen LogP contribution in [0.3, 0.4) is 0 Å². The van der Waals surface area contributed by atoms with Gasteiger partial charge in [0.05, 0.1) is 5.69 Å². The summed E-state index contributed by atoms with van der Waals surface area (Å²) in [6.07, 6.45) is 0. The Balaban J connectivity index is 2.38. The van der Waals surface area contributed by atoms with Gasteiger partial charge in [-0.25, -0.2) is 9.37 Å². The summed E-state index contributed by atoms with van der Waals surface area (Å²) >= 11 is 3.44. The average Bonchev–Trinajstić information content (AvgIpc) is 2.37. The van der Waals surface area contributed by atoms with E-state index in [9.17, 15) is 4.39 Å². The second-order valence-corrected chi connectivity index (χ2v) is 4.81. The van der Waals surface area contributed by atoms with E-state index in [0.717, 1.165) is 28.2 Å². The van der Waals surface area contributed by atoms with Gasteiger partial charge in [0.1, 0.15) is 11.6 Å². The summed E-state index contributed by atoms with van der Waals surface area (Å²) in [5, 5.41) is 0. The van der Waals surface area contributed by atoms with Crippen molar-refractivity contribution in [1.82, 2.24) is 4.98 Å². The molecule has 2 nitrogen and oxygen atoms in total. The Hall–Kier alpha value is -1.42. The van der Waals surface area contributed by atoms with Crippen LogP contribution in [-0.4, -0.2) is 11.5 Å². The molecule has 0 radical (unpaired) electrons. The predicted molar refractivity (Wildman–Crippen MR) is 75.8 cm³/mol. The van der Waals surface area contributed by atoms with Gasteiger partial charge in [0.25, 0.3) is 0 Å². The minimum Gasteiger partial charge on any atom is -0.327 e. The lowest BCUT2D eigenvalue weighted by molar-refractivity contribution is 0.628. The molecule has 18 heavy (non-hydrogen) atoms. The maximum Gasteiger partial charge on any atom is 0.133 e. The fourth-order valence-corrected chi connectivity index (χ4v) is 2.00. The van der Waals surface area contributed by atoms with Gasteiger partial charge in [-0.3, -0.25) is 0 Å². The second kappa shape index (κ2) is 5.48. The molecule has 0 unspecified atom stereocenters. The summed E-state index contributed by atoms with van der Waals surface area (Å²) in [6, 6.07) is 10.4. The molecule has 0 saturated heterocycles. The van der Waals surface area contributed by atoms with Gasteiger partial charge in [0.15, 0.2) is 0 Å². The molecular formula is C14H14BrFN2. The third-order valence-electron chi connectivity index (χ3n) is 2.74. The van der Waals surface area contributed by atoms with E-state index in [1.165, 1.54) is 12.1 Å². The fourth-order valence-electron chi connectivity index (χ4n) is 1.78. The van der Waals surface area contributed by atoms with E-state index in [4.69, 9.17) is 0 Å². The van der Waals surface area contributed by atoms with Crippen molar-refractivity contribution in [2.75, 3.05) is 11.4 Å². The number of benzene rings is 1. The first-order valence-corrected chi connectivity index (χ1v) is 6.57. The summed E-state index contributed by atoms with van der Waals surface area (Å²) in [4.78, 5) is 6.57. The molecular weight excluding hydrogens is 295 g/mol. The van der Waals surface area contributed by atoms with Gasteiger partial charge in [-0.1, -0.05) is 0 Å². The number of aromatic nitrogens is 1. The zero-order chi connectivity index (χ0) is 13.1. The van der Waals surface area contributed by atoms with Crippen molar-refractivity contribution in [2.24, 2.45) is 0 Å². The maximum absolute atomic E-state index is 12.9. The van der Waals surface area contributed by atoms with Crippen LogP contribution in [-0.2, 0) is 0 Å². The lowest BCUT2D eigenvalue weighted by atomic mass is 10.2. The minimum atomic E-state index is -0.227. The number of pyridine rings is 1. The van der Waals surface area contributed by atoms with Crippen LogP contribution < -0.4 is 4.90 Å². The minimum absolute atomic E-state index is 0.227. The van der Waals surface area contributed by atoms with Gasteiger partial charge in [-0.15, -0.1) is 0 Å². The Labute approximate surface area is 115 Å². The fraction of sp³-hybridized carbons (Fsp3) is 0.214. The van der Waals surface area contributed by atoms with Gasteiger partial charge >= 0.3 is 0 Å². The summed E-state index contributed by atoms with van der Waals surface area (Å²) in [5.74, 6) is 0.638. The van der Waals surface area contributed by atoms with Crippen LogP contribution in [0.4, 0.5) is 15.9 Å². The van der Waals surface area contributed by atoms with E-state index in [1.54, 1.807) is 12.1 Å². The van der Waals surface area contributed by atoms with Crippen molar-refractivity contribution in [3.63, 3.8) is 0 Å². The topological polar surface area (TPSA) is 16.1 Å². The number of hydrogen-bond acceptors (Lipinski definition) is 2.